The highest BCUT2D eigenvalue weighted by molar-refractivity contribution is 9.10. The van der Waals surface area contributed by atoms with Crippen LogP contribution in [0.1, 0.15) is 21.5 Å². The van der Waals surface area contributed by atoms with Crippen LogP contribution in [-0.2, 0) is 11.4 Å². The maximum absolute atomic E-state index is 11.9. The molecule has 0 unspecified atom stereocenters. The summed E-state index contributed by atoms with van der Waals surface area (Å²) in [5.41, 5.74) is 5.04. The molecule has 0 saturated carbocycles. The molecule has 98 valence electrons. The third kappa shape index (κ3) is 3.91. The number of hydrogen-bond donors (Lipinski definition) is 1. The molecule has 1 N–H and O–H groups in total. The fourth-order valence-corrected chi connectivity index (χ4v) is 2.05. The normalized spacial score (nSPS) is 10.2. The number of carbonyl (C=O) groups excluding carboxylic acids is 1. The zero-order valence-electron chi connectivity index (χ0n) is 10.5. The highest BCUT2D eigenvalue weighted by atomic mass is 79.9. The third-order valence-corrected chi connectivity index (χ3v) is 3.30. The zero-order chi connectivity index (χ0) is 13.7. The standard InChI is InChI=1S/C15H14BrNO2/c1-11-7-8-14(16)13(9-11)15(18)17-19-10-12-5-3-2-4-6-12/h2-9H,10H2,1H3,(H,17,18). The summed E-state index contributed by atoms with van der Waals surface area (Å²) in [7, 11) is 0. The second-order valence-electron chi connectivity index (χ2n) is 4.19. The lowest BCUT2D eigenvalue weighted by atomic mass is 10.1. The van der Waals surface area contributed by atoms with E-state index >= 15 is 0 Å². The van der Waals surface area contributed by atoms with Gasteiger partial charge in [-0.2, -0.15) is 0 Å². The Morgan fingerprint density at radius 2 is 1.95 bits per heavy atom. The average molecular weight is 320 g/mol. The van der Waals surface area contributed by atoms with Crippen LogP contribution >= 0.6 is 15.9 Å². The first-order valence-corrected chi connectivity index (χ1v) is 6.68. The lowest BCUT2D eigenvalue weighted by Gasteiger charge is -2.08. The van der Waals surface area contributed by atoms with Crippen molar-refractivity contribution in [2.75, 3.05) is 0 Å². The Labute approximate surface area is 120 Å². The number of hydrogen-bond acceptors (Lipinski definition) is 2. The van der Waals surface area contributed by atoms with Crippen molar-refractivity contribution in [3.8, 4) is 0 Å². The first-order chi connectivity index (χ1) is 9.16. The van der Waals surface area contributed by atoms with Crippen molar-refractivity contribution in [3.05, 3.63) is 69.7 Å². The predicted octanol–water partition coefficient (Wildman–Crippen LogP) is 3.62. The molecular weight excluding hydrogens is 306 g/mol. The van der Waals surface area contributed by atoms with Crippen molar-refractivity contribution in [1.29, 1.82) is 0 Å². The van der Waals surface area contributed by atoms with Gasteiger partial charge in [0.2, 0.25) is 0 Å². The van der Waals surface area contributed by atoms with Crippen molar-refractivity contribution in [2.24, 2.45) is 0 Å². The Bertz CT molecular complexity index is 570. The Morgan fingerprint density at radius 1 is 1.21 bits per heavy atom. The monoisotopic (exact) mass is 319 g/mol. The first-order valence-electron chi connectivity index (χ1n) is 5.89. The van der Waals surface area contributed by atoms with Gasteiger partial charge < -0.3 is 0 Å². The van der Waals surface area contributed by atoms with E-state index < -0.39 is 0 Å². The van der Waals surface area contributed by atoms with Crippen molar-refractivity contribution in [3.63, 3.8) is 0 Å². The van der Waals surface area contributed by atoms with Gasteiger partial charge in [0.15, 0.2) is 0 Å². The fraction of sp³-hybridized carbons (Fsp3) is 0.133. The van der Waals surface area contributed by atoms with E-state index in [9.17, 15) is 4.79 Å². The second-order valence-corrected chi connectivity index (χ2v) is 5.04. The van der Waals surface area contributed by atoms with Crippen molar-refractivity contribution < 1.29 is 9.63 Å². The van der Waals surface area contributed by atoms with E-state index in [2.05, 4.69) is 21.4 Å². The topological polar surface area (TPSA) is 38.3 Å². The second kappa shape index (κ2) is 6.50. The van der Waals surface area contributed by atoms with E-state index in [1.165, 1.54) is 0 Å². The van der Waals surface area contributed by atoms with Gasteiger partial charge >= 0.3 is 0 Å². The summed E-state index contributed by atoms with van der Waals surface area (Å²) < 4.78 is 0.749. The van der Waals surface area contributed by atoms with Crippen LogP contribution in [-0.4, -0.2) is 5.91 Å². The number of halogens is 1. The van der Waals surface area contributed by atoms with Crippen LogP contribution in [0.2, 0.25) is 0 Å². The molecule has 0 saturated heterocycles. The van der Waals surface area contributed by atoms with Gasteiger partial charge in [-0.15, -0.1) is 0 Å². The molecule has 19 heavy (non-hydrogen) atoms. The molecule has 0 spiro atoms. The fourth-order valence-electron chi connectivity index (χ4n) is 1.63. The van der Waals surface area contributed by atoms with Crippen LogP contribution < -0.4 is 5.48 Å². The zero-order valence-corrected chi connectivity index (χ0v) is 12.1. The SMILES string of the molecule is Cc1ccc(Br)c(C(=O)NOCc2ccccc2)c1. The van der Waals surface area contributed by atoms with Crippen LogP contribution in [0.25, 0.3) is 0 Å². The molecule has 0 fully saturated rings. The predicted molar refractivity (Wildman–Crippen MR) is 77.6 cm³/mol. The summed E-state index contributed by atoms with van der Waals surface area (Å²) >= 11 is 3.35. The maximum atomic E-state index is 11.9. The van der Waals surface area contributed by atoms with Gasteiger partial charge in [0.1, 0.15) is 0 Å². The number of benzene rings is 2. The number of aryl methyl sites for hydroxylation is 1. The minimum atomic E-state index is -0.258. The van der Waals surface area contributed by atoms with Gasteiger partial charge in [0.05, 0.1) is 12.2 Å². The highest BCUT2D eigenvalue weighted by Gasteiger charge is 2.10. The molecule has 2 aromatic rings. The first kappa shape index (κ1) is 13.8. The Morgan fingerprint density at radius 3 is 2.68 bits per heavy atom. The van der Waals surface area contributed by atoms with Gasteiger partial charge in [-0.3, -0.25) is 9.63 Å². The summed E-state index contributed by atoms with van der Waals surface area (Å²) in [6.07, 6.45) is 0. The van der Waals surface area contributed by atoms with E-state index in [0.717, 1.165) is 15.6 Å². The van der Waals surface area contributed by atoms with Crippen molar-refractivity contribution in [1.82, 2.24) is 5.48 Å². The number of amides is 1. The van der Waals surface area contributed by atoms with E-state index in [-0.39, 0.29) is 5.91 Å². The number of carbonyl (C=O) groups is 1. The molecule has 0 aromatic heterocycles. The van der Waals surface area contributed by atoms with Crippen LogP contribution in [0.15, 0.2) is 53.0 Å². The molecule has 2 aromatic carbocycles. The van der Waals surface area contributed by atoms with E-state index in [0.29, 0.717) is 12.2 Å². The van der Waals surface area contributed by atoms with E-state index in [1.54, 1.807) is 0 Å². The molecule has 2 rings (SSSR count). The smallest absolute Gasteiger partial charge is 0.269 e. The summed E-state index contributed by atoms with van der Waals surface area (Å²) in [5, 5.41) is 0. The van der Waals surface area contributed by atoms with Crippen LogP contribution in [0.5, 0.6) is 0 Å². The number of hydroxylamine groups is 1. The molecule has 4 heteroatoms. The molecule has 0 aliphatic carbocycles. The van der Waals surface area contributed by atoms with Crippen molar-refractivity contribution >= 4 is 21.8 Å². The molecule has 0 atom stereocenters. The molecule has 0 aliphatic heterocycles. The van der Waals surface area contributed by atoms with E-state index in [1.807, 2.05) is 55.5 Å². The number of nitrogens with one attached hydrogen (secondary N) is 1. The third-order valence-electron chi connectivity index (χ3n) is 2.61. The maximum Gasteiger partial charge on any atom is 0.276 e. The molecule has 1 amide bonds. The Hall–Kier alpha value is -1.65. The van der Waals surface area contributed by atoms with Gasteiger partial charge in [-0.25, -0.2) is 5.48 Å². The lowest BCUT2D eigenvalue weighted by Crippen LogP contribution is -2.24. The molecular formula is C15H14BrNO2. The molecule has 0 bridgehead atoms. The van der Waals surface area contributed by atoms with Gasteiger partial charge in [-0.05, 0) is 40.5 Å². The Kier molecular flexibility index (Phi) is 4.71. The molecule has 0 heterocycles. The summed E-state index contributed by atoms with van der Waals surface area (Å²) in [5.74, 6) is -0.258. The minimum absolute atomic E-state index is 0.258. The van der Waals surface area contributed by atoms with Gasteiger partial charge in [0.25, 0.3) is 5.91 Å². The summed E-state index contributed by atoms with van der Waals surface area (Å²) in [4.78, 5) is 17.2. The van der Waals surface area contributed by atoms with Crippen LogP contribution in [0.3, 0.4) is 0 Å². The van der Waals surface area contributed by atoms with Gasteiger partial charge in [-0.1, -0.05) is 42.0 Å². The summed E-state index contributed by atoms with van der Waals surface area (Å²) in [6, 6.07) is 15.3. The highest BCUT2D eigenvalue weighted by Crippen LogP contribution is 2.17. The molecule has 3 nitrogen and oxygen atoms in total. The van der Waals surface area contributed by atoms with Crippen LogP contribution in [0.4, 0.5) is 0 Å². The molecule has 0 radical (unpaired) electrons. The lowest BCUT2D eigenvalue weighted by molar-refractivity contribution is 0.0233. The average Bonchev–Trinajstić information content (AvgIpc) is 2.42. The summed E-state index contributed by atoms with van der Waals surface area (Å²) in [6.45, 7) is 2.28. The number of rotatable bonds is 4. The molecule has 0 aliphatic rings. The Balaban J connectivity index is 1.93. The van der Waals surface area contributed by atoms with Crippen LogP contribution in [0, 0.1) is 6.92 Å². The minimum Gasteiger partial charge on any atom is -0.269 e. The largest absolute Gasteiger partial charge is 0.276 e. The van der Waals surface area contributed by atoms with Crippen molar-refractivity contribution in [2.45, 2.75) is 13.5 Å². The van der Waals surface area contributed by atoms with E-state index in [4.69, 9.17) is 4.84 Å². The quantitative estimate of drug-likeness (QED) is 0.874. The van der Waals surface area contributed by atoms with Gasteiger partial charge in [0, 0.05) is 4.47 Å².